The molecule has 0 aliphatic carbocycles. The normalized spacial score (nSPS) is 11.6. The first-order chi connectivity index (χ1) is 16.0. The number of aromatic nitrogens is 2. The van der Waals surface area contributed by atoms with Gasteiger partial charge in [-0.2, -0.15) is 4.98 Å². The first kappa shape index (κ1) is 25.6. The molecule has 0 radical (unpaired) electrons. The number of hydrogen-bond donors (Lipinski definition) is 2. The highest BCUT2D eigenvalue weighted by Crippen LogP contribution is 2.31. The Labute approximate surface area is 202 Å². The number of nitrogens with zero attached hydrogens (tertiary/aromatic N) is 3. The molecule has 3 aromatic rings. The summed E-state index contributed by atoms with van der Waals surface area (Å²) in [5.41, 5.74) is 3.64. The van der Waals surface area contributed by atoms with E-state index >= 15 is 0 Å². The van der Waals surface area contributed by atoms with Gasteiger partial charge in [-0.15, -0.1) is 13.2 Å². The molecule has 0 aliphatic rings. The maximum atomic E-state index is 12.7. The second kappa shape index (κ2) is 10.9. The standard InChI is InChI=1S/C24H27ClF3N5O/c1-15-11-18(25)12-16(2)22(15)31-21-14-20(30-23(32-21)29-9-6-10-33(3)4)17-7-5-8-19(13-17)34-24(26,27)28/h5,7-8,11-14H,6,9-10H2,1-4H3,(H2,29,30,31,32). The molecule has 0 bridgehead atoms. The van der Waals surface area contributed by atoms with Crippen molar-refractivity contribution in [3.63, 3.8) is 0 Å². The zero-order chi connectivity index (χ0) is 24.9. The number of aryl methyl sites for hydroxylation is 2. The zero-order valence-electron chi connectivity index (χ0n) is 19.4. The van der Waals surface area contributed by atoms with Crippen LogP contribution in [-0.2, 0) is 0 Å². The molecule has 0 saturated carbocycles. The van der Waals surface area contributed by atoms with Gasteiger partial charge in [0, 0.05) is 28.9 Å². The molecule has 2 N–H and O–H groups in total. The third kappa shape index (κ3) is 7.50. The molecule has 182 valence electrons. The molecule has 6 nitrogen and oxygen atoms in total. The quantitative estimate of drug-likeness (QED) is 0.335. The van der Waals surface area contributed by atoms with Gasteiger partial charge in [-0.05, 0) is 76.3 Å². The molecule has 0 spiro atoms. The average Bonchev–Trinajstić information content (AvgIpc) is 2.72. The lowest BCUT2D eigenvalue weighted by Gasteiger charge is -2.16. The van der Waals surface area contributed by atoms with Crippen molar-refractivity contribution in [3.05, 3.63) is 58.6 Å². The van der Waals surface area contributed by atoms with Crippen molar-refractivity contribution >= 4 is 29.1 Å². The van der Waals surface area contributed by atoms with Gasteiger partial charge in [-0.3, -0.25) is 0 Å². The molecule has 0 saturated heterocycles. The molecule has 0 fully saturated rings. The number of rotatable bonds is 9. The van der Waals surface area contributed by atoms with E-state index in [2.05, 4.69) is 30.2 Å². The number of hydrogen-bond acceptors (Lipinski definition) is 6. The van der Waals surface area contributed by atoms with Crippen LogP contribution in [0.1, 0.15) is 17.5 Å². The second-order valence-corrected chi connectivity index (χ2v) is 8.60. The van der Waals surface area contributed by atoms with E-state index < -0.39 is 6.36 Å². The van der Waals surface area contributed by atoms with Crippen molar-refractivity contribution in [2.75, 3.05) is 37.8 Å². The Bertz CT molecular complexity index is 1110. The van der Waals surface area contributed by atoms with Gasteiger partial charge >= 0.3 is 6.36 Å². The van der Waals surface area contributed by atoms with E-state index in [0.29, 0.717) is 34.6 Å². The van der Waals surface area contributed by atoms with Gasteiger partial charge in [-0.25, -0.2) is 4.98 Å². The number of nitrogens with one attached hydrogen (secondary N) is 2. The molecule has 0 amide bonds. The Hall–Kier alpha value is -3.04. The molecular weight excluding hydrogens is 467 g/mol. The number of halogens is 4. The summed E-state index contributed by atoms with van der Waals surface area (Å²) in [5.74, 6) is 0.545. The number of alkyl halides is 3. The van der Waals surface area contributed by atoms with Crippen LogP contribution >= 0.6 is 11.6 Å². The van der Waals surface area contributed by atoms with E-state index in [1.165, 1.54) is 18.2 Å². The van der Waals surface area contributed by atoms with E-state index in [-0.39, 0.29) is 5.75 Å². The first-order valence-electron chi connectivity index (χ1n) is 10.7. The van der Waals surface area contributed by atoms with Crippen LogP contribution in [0.15, 0.2) is 42.5 Å². The van der Waals surface area contributed by atoms with E-state index in [9.17, 15) is 13.2 Å². The van der Waals surface area contributed by atoms with E-state index in [1.54, 1.807) is 12.1 Å². The average molecular weight is 494 g/mol. The van der Waals surface area contributed by atoms with Crippen molar-refractivity contribution < 1.29 is 17.9 Å². The molecule has 1 aromatic heterocycles. The molecule has 0 atom stereocenters. The molecule has 2 aromatic carbocycles. The zero-order valence-corrected chi connectivity index (χ0v) is 20.2. The smallest absolute Gasteiger partial charge is 0.406 e. The van der Waals surface area contributed by atoms with E-state index in [4.69, 9.17) is 11.6 Å². The third-order valence-electron chi connectivity index (χ3n) is 4.91. The van der Waals surface area contributed by atoms with Gasteiger partial charge in [0.05, 0.1) is 5.69 Å². The molecule has 0 aliphatic heterocycles. The van der Waals surface area contributed by atoms with Crippen LogP contribution in [0.3, 0.4) is 0 Å². The summed E-state index contributed by atoms with van der Waals surface area (Å²) >= 11 is 6.15. The van der Waals surface area contributed by atoms with Gasteiger partial charge in [0.2, 0.25) is 5.95 Å². The molecule has 1 heterocycles. The molecule has 0 unspecified atom stereocenters. The Balaban J connectivity index is 1.96. The van der Waals surface area contributed by atoms with Crippen molar-refractivity contribution in [2.24, 2.45) is 0 Å². The number of anilines is 3. The minimum Gasteiger partial charge on any atom is -0.406 e. The summed E-state index contributed by atoms with van der Waals surface area (Å²) in [7, 11) is 3.98. The van der Waals surface area contributed by atoms with Crippen molar-refractivity contribution in [3.8, 4) is 17.0 Å². The lowest BCUT2D eigenvalue weighted by Crippen LogP contribution is -2.17. The monoisotopic (exact) mass is 493 g/mol. The Kier molecular flexibility index (Phi) is 8.22. The van der Waals surface area contributed by atoms with Crippen LogP contribution in [-0.4, -0.2) is 48.4 Å². The summed E-state index contributed by atoms with van der Waals surface area (Å²) in [6.45, 7) is 5.39. The van der Waals surface area contributed by atoms with Crippen LogP contribution in [0.4, 0.5) is 30.6 Å². The minimum absolute atomic E-state index is 0.317. The van der Waals surface area contributed by atoms with Crippen LogP contribution in [0.5, 0.6) is 5.75 Å². The topological polar surface area (TPSA) is 62.3 Å². The fourth-order valence-electron chi connectivity index (χ4n) is 3.42. The van der Waals surface area contributed by atoms with Crippen LogP contribution in [0, 0.1) is 13.8 Å². The highest BCUT2D eigenvalue weighted by Gasteiger charge is 2.31. The molecule has 34 heavy (non-hydrogen) atoms. The third-order valence-corrected chi connectivity index (χ3v) is 5.12. The summed E-state index contributed by atoms with van der Waals surface area (Å²) in [6, 6.07) is 11.1. The predicted octanol–water partition coefficient (Wildman–Crippen LogP) is 6.42. The fourth-order valence-corrected chi connectivity index (χ4v) is 3.75. The lowest BCUT2D eigenvalue weighted by molar-refractivity contribution is -0.274. The predicted molar refractivity (Wildman–Crippen MR) is 130 cm³/mol. The van der Waals surface area contributed by atoms with E-state index in [0.717, 1.165) is 29.8 Å². The second-order valence-electron chi connectivity index (χ2n) is 8.16. The van der Waals surface area contributed by atoms with Gasteiger partial charge < -0.3 is 20.3 Å². The van der Waals surface area contributed by atoms with Crippen LogP contribution in [0.25, 0.3) is 11.3 Å². The van der Waals surface area contributed by atoms with Crippen LogP contribution in [0.2, 0.25) is 5.02 Å². The highest BCUT2D eigenvalue weighted by atomic mass is 35.5. The summed E-state index contributed by atoms with van der Waals surface area (Å²) in [4.78, 5) is 11.2. The first-order valence-corrected chi connectivity index (χ1v) is 11.1. The maximum absolute atomic E-state index is 12.7. The Morgan fingerprint density at radius 3 is 2.38 bits per heavy atom. The SMILES string of the molecule is Cc1cc(Cl)cc(C)c1Nc1cc(-c2cccc(OC(F)(F)F)c2)nc(NCCCN(C)C)n1. The van der Waals surface area contributed by atoms with E-state index in [1.807, 2.05) is 40.1 Å². The number of benzene rings is 2. The molecular formula is C24H27ClF3N5O. The van der Waals surface area contributed by atoms with Crippen molar-refractivity contribution in [2.45, 2.75) is 26.6 Å². The Morgan fingerprint density at radius 2 is 1.74 bits per heavy atom. The van der Waals surface area contributed by atoms with Gasteiger partial charge in [-0.1, -0.05) is 23.7 Å². The number of ether oxygens (including phenoxy) is 1. The maximum Gasteiger partial charge on any atom is 0.573 e. The van der Waals surface area contributed by atoms with Crippen molar-refractivity contribution in [1.29, 1.82) is 0 Å². The summed E-state index contributed by atoms with van der Waals surface area (Å²) < 4.78 is 42.2. The largest absolute Gasteiger partial charge is 0.573 e. The highest BCUT2D eigenvalue weighted by molar-refractivity contribution is 6.30. The van der Waals surface area contributed by atoms with Gasteiger partial charge in [0.15, 0.2) is 0 Å². The minimum atomic E-state index is -4.78. The van der Waals surface area contributed by atoms with Crippen LogP contribution < -0.4 is 15.4 Å². The van der Waals surface area contributed by atoms with Crippen molar-refractivity contribution in [1.82, 2.24) is 14.9 Å². The fraction of sp³-hybridized carbons (Fsp3) is 0.333. The van der Waals surface area contributed by atoms with Gasteiger partial charge in [0.25, 0.3) is 0 Å². The Morgan fingerprint density at radius 1 is 1.03 bits per heavy atom. The summed E-state index contributed by atoms with van der Waals surface area (Å²) in [6.07, 6.45) is -3.91. The lowest BCUT2D eigenvalue weighted by atomic mass is 10.1. The van der Waals surface area contributed by atoms with Gasteiger partial charge in [0.1, 0.15) is 11.6 Å². The molecule has 3 rings (SSSR count). The molecule has 10 heteroatoms. The summed E-state index contributed by atoms with van der Waals surface area (Å²) in [5, 5.41) is 7.15.